The summed E-state index contributed by atoms with van der Waals surface area (Å²) in [5.74, 6) is 1.29. The monoisotopic (exact) mass is 255 g/mol. The predicted molar refractivity (Wildman–Crippen MR) is 71.2 cm³/mol. The first kappa shape index (κ1) is 12.7. The largest absolute Gasteiger partial charge is 0.493 e. The number of hydrogen-bond donors (Lipinski definition) is 1. The van der Waals surface area contributed by atoms with Crippen LogP contribution in [0.2, 0.25) is 0 Å². The lowest BCUT2D eigenvalue weighted by atomic mass is 10.2. The zero-order valence-electron chi connectivity index (χ0n) is 10.7. The number of anilines is 1. The highest BCUT2D eigenvalue weighted by atomic mass is 16.5. The van der Waals surface area contributed by atoms with E-state index in [1.54, 1.807) is 13.2 Å². The summed E-state index contributed by atoms with van der Waals surface area (Å²) in [5, 5.41) is 9.03. The number of nitrogen functional groups attached to an aromatic ring is 1. The average molecular weight is 255 g/mol. The van der Waals surface area contributed by atoms with Crippen LogP contribution in [0.1, 0.15) is 11.1 Å². The first-order valence-corrected chi connectivity index (χ1v) is 5.62. The second-order valence-corrected chi connectivity index (χ2v) is 3.99. The van der Waals surface area contributed by atoms with E-state index in [2.05, 4.69) is 4.98 Å². The number of rotatable bonds is 3. The summed E-state index contributed by atoms with van der Waals surface area (Å²) in [6.07, 6.45) is 1.44. The van der Waals surface area contributed by atoms with Crippen molar-refractivity contribution >= 4 is 5.69 Å². The highest BCUT2D eigenvalue weighted by Crippen LogP contribution is 2.32. The molecule has 1 heterocycles. The maximum absolute atomic E-state index is 9.03. The number of methoxy groups -OCH3 is 1. The molecule has 1 aromatic carbocycles. The van der Waals surface area contributed by atoms with Gasteiger partial charge in [0.05, 0.1) is 19.0 Å². The van der Waals surface area contributed by atoms with Crippen molar-refractivity contribution in [3.05, 3.63) is 41.6 Å². The Morgan fingerprint density at radius 1 is 1.26 bits per heavy atom. The van der Waals surface area contributed by atoms with Crippen LogP contribution >= 0.6 is 0 Å². The van der Waals surface area contributed by atoms with Gasteiger partial charge in [-0.2, -0.15) is 5.26 Å². The van der Waals surface area contributed by atoms with Gasteiger partial charge in [0.25, 0.3) is 0 Å². The van der Waals surface area contributed by atoms with E-state index in [0.29, 0.717) is 17.2 Å². The molecule has 0 aliphatic rings. The Morgan fingerprint density at radius 2 is 2.05 bits per heavy atom. The Labute approximate surface area is 111 Å². The van der Waals surface area contributed by atoms with E-state index in [-0.39, 0.29) is 11.4 Å². The summed E-state index contributed by atoms with van der Waals surface area (Å²) in [5.41, 5.74) is 7.33. The van der Waals surface area contributed by atoms with Crippen LogP contribution in [0.15, 0.2) is 30.5 Å². The van der Waals surface area contributed by atoms with Gasteiger partial charge in [-0.05, 0) is 30.7 Å². The quantitative estimate of drug-likeness (QED) is 0.911. The van der Waals surface area contributed by atoms with E-state index in [0.717, 1.165) is 5.56 Å². The summed E-state index contributed by atoms with van der Waals surface area (Å²) in [7, 11) is 1.56. The molecule has 0 atom stereocenters. The molecule has 96 valence electrons. The van der Waals surface area contributed by atoms with Crippen molar-refractivity contribution in [1.82, 2.24) is 4.98 Å². The third-order valence-electron chi connectivity index (χ3n) is 2.52. The zero-order valence-corrected chi connectivity index (χ0v) is 10.7. The minimum absolute atomic E-state index is 0.207. The van der Waals surface area contributed by atoms with Crippen LogP contribution in [0, 0.1) is 18.3 Å². The van der Waals surface area contributed by atoms with Gasteiger partial charge in [-0.1, -0.05) is 6.07 Å². The molecule has 2 N–H and O–H groups in total. The molecule has 2 rings (SSSR count). The van der Waals surface area contributed by atoms with Crippen molar-refractivity contribution in [3.63, 3.8) is 0 Å². The highest BCUT2D eigenvalue weighted by molar-refractivity contribution is 5.51. The third kappa shape index (κ3) is 2.75. The van der Waals surface area contributed by atoms with Crippen molar-refractivity contribution in [2.45, 2.75) is 6.92 Å². The van der Waals surface area contributed by atoms with Gasteiger partial charge in [-0.25, -0.2) is 4.98 Å². The molecule has 5 heteroatoms. The molecular formula is C14H13N3O2. The highest BCUT2D eigenvalue weighted by Gasteiger charge is 2.11. The molecule has 0 saturated heterocycles. The van der Waals surface area contributed by atoms with Gasteiger partial charge < -0.3 is 15.2 Å². The summed E-state index contributed by atoms with van der Waals surface area (Å²) in [6.45, 7) is 1.95. The number of benzene rings is 1. The topological polar surface area (TPSA) is 81.2 Å². The van der Waals surface area contributed by atoms with Crippen LogP contribution in [0.4, 0.5) is 5.69 Å². The Balaban J connectivity index is 2.39. The fourth-order valence-electron chi connectivity index (χ4n) is 1.59. The molecular weight excluding hydrogens is 242 g/mol. The number of aryl methyl sites for hydroxylation is 1. The Kier molecular flexibility index (Phi) is 3.53. The van der Waals surface area contributed by atoms with Crippen LogP contribution in [0.3, 0.4) is 0 Å². The predicted octanol–water partition coefficient (Wildman–Crippen LogP) is 2.64. The number of nitriles is 1. The second-order valence-electron chi connectivity index (χ2n) is 3.99. The van der Waals surface area contributed by atoms with E-state index in [4.69, 9.17) is 20.5 Å². The third-order valence-corrected chi connectivity index (χ3v) is 2.52. The first-order valence-electron chi connectivity index (χ1n) is 5.62. The molecule has 0 spiro atoms. The normalized spacial score (nSPS) is 9.74. The Hall–Kier alpha value is -2.74. The van der Waals surface area contributed by atoms with E-state index in [9.17, 15) is 0 Å². The zero-order chi connectivity index (χ0) is 13.8. The van der Waals surface area contributed by atoms with Gasteiger partial charge in [-0.15, -0.1) is 0 Å². The van der Waals surface area contributed by atoms with Crippen molar-refractivity contribution in [3.8, 4) is 23.4 Å². The second kappa shape index (κ2) is 5.27. The number of nitrogens with two attached hydrogens (primary N) is 1. The lowest BCUT2D eigenvalue weighted by Crippen LogP contribution is -1.96. The standard InChI is InChI=1S/C14H13N3O2/c1-9-3-4-12(13(5-9)18-2)19-14-10(7-15)6-11(16)8-17-14/h3-6,8H,16H2,1-2H3. The Bertz CT molecular complexity index is 648. The van der Waals surface area contributed by atoms with Crippen LogP contribution in [-0.2, 0) is 0 Å². The summed E-state index contributed by atoms with van der Waals surface area (Å²) < 4.78 is 10.9. The smallest absolute Gasteiger partial charge is 0.237 e. The van der Waals surface area contributed by atoms with Crippen molar-refractivity contribution in [2.75, 3.05) is 12.8 Å². The average Bonchev–Trinajstić information content (AvgIpc) is 2.42. The van der Waals surface area contributed by atoms with Crippen LogP contribution in [0.5, 0.6) is 17.4 Å². The molecule has 5 nitrogen and oxygen atoms in total. The van der Waals surface area contributed by atoms with Gasteiger partial charge in [-0.3, -0.25) is 0 Å². The van der Waals surface area contributed by atoms with E-state index >= 15 is 0 Å². The van der Waals surface area contributed by atoms with Crippen molar-refractivity contribution in [1.29, 1.82) is 5.26 Å². The first-order chi connectivity index (χ1) is 9.13. The van der Waals surface area contributed by atoms with E-state index in [1.165, 1.54) is 12.3 Å². The summed E-state index contributed by atoms with van der Waals surface area (Å²) >= 11 is 0. The number of hydrogen-bond acceptors (Lipinski definition) is 5. The number of ether oxygens (including phenoxy) is 2. The van der Waals surface area contributed by atoms with Gasteiger partial charge in [0, 0.05) is 0 Å². The minimum Gasteiger partial charge on any atom is -0.493 e. The number of nitrogens with zero attached hydrogens (tertiary/aromatic N) is 2. The molecule has 0 radical (unpaired) electrons. The maximum atomic E-state index is 9.03. The Morgan fingerprint density at radius 3 is 2.74 bits per heavy atom. The molecule has 0 aliphatic carbocycles. The van der Waals surface area contributed by atoms with Gasteiger partial charge in [0.15, 0.2) is 11.5 Å². The fourth-order valence-corrected chi connectivity index (χ4v) is 1.59. The molecule has 0 saturated carbocycles. The van der Waals surface area contributed by atoms with Crippen LogP contribution < -0.4 is 15.2 Å². The molecule has 1 aromatic heterocycles. The molecule has 0 aliphatic heterocycles. The molecule has 0 amide bonds. The summed E-state index contributed by atoms with van der Waals surface area (Å²) in [4.78, 5) is 4.02. The van der Waals surface area contributed by atoms with Crippen LogP contribution in [-0.4, -0.2) is 12.1 Å². The van der Waals surface area contributed by atoms with Gasteiger partial charge in [0.2, 0.25) is 5.88 Å². The maximum Gasteiger partial charge on any atom is 0.237 e. The fraction of sp³-hybridized carbons (Fsp3) is 0.143. The minimum atomic E-state index is 0.207. The number of pyridine rings is 1. The lowest BCUT2D eigenvalue weighted by molar-refractivity contribution is 0.373. The molecule has 19 heavy (non-hydrogen) atoms. The lowest BCUT2D eigenvalue weighted by Gasteiger charge is -2.11. The molecule has 0 fully saturated rings. The van der Waals surface area contributed by atoms with Crippen molar-refractivity contribution in [2.24, 2.45) is 0 Å². The van der Waals surface area contributed by atoms with Crippen LogP contribution in [0.25, 0.3) is 0 Å². The van der Waals surface area contributed by atoms with Gasteiger partial charge in [0.1, 0.15) is 11.6 Å². The molecule has 0 bridgehead atoms. The van der Waals surface area contributed by atoms with Crippen molar-refractivity contribution < 1.29 is 9.47 Å². The number of aromatic nitrogens is 1. The van der Waals surface area contributed by atoms with Gasteiger partial charge >= 0.3 is 0 Å². The van der Waals surface area contributed by atoms with E-state index < -0.39 is 0 Å². The molecule has 0 unspecified atom stereocenters. The van der Waals surface area contributed by atoms with E-state index in [1.807, 2.05) is 25.1 Å². The molecule has 2 aromatic rings. The summed E-state index contributed by atoms with van der Waals surface area (Å²) in [6, 6.07) is 9.02. The SMILES string of the molecule is COc1cc(C)ccc1Oc1ncc(N)cc1C#N.